The number of carbonyl (C=O) groups is 3. The summed E-state index contributed by atoms with van der Waals surface area (Å²) in [5.41, 5.74) is 1.70. The van der Waals surface area contributed by atoms with Crippen molar-refractivity contribution in [2.24, 2.45) is 0 Å². The summed E-state index contributed by atoms with van der Waals surface area (Å²) in [7, 11) is -2.44. The van der Waals surface area contributed by atoms with Crippen molar-refractivity contribution in [3.63, 3.8) is 0 Å². The van der Waals surface area contributed by atoms with Gasteiger partial charge in [-0.25, -0.2) is 13.4 Å². The van der Waals surface area contributed by atoms with Crippen molar-refractivity contribution in [1.82, 2.24) is 15.6 Å². The second-order valence-corrected chi connectivity index (χ2v) is 13.1. The predicted molar refractivity (Wildman–Crippen MR) is 170 cm³/mol. The van der Waals surface area contributed by atoms with E-state index >= 15 is 0 Å². The molecule has 230 valence electrons. The molecule has 0 saturated heterocycles. The van der Waals surface area contributed by atoms with Gasteiger partial charge >= 0.3 is 0 Å². The number of rotatable bonds is 12. The van der Waals surface area contributed by atoms with Gasteiger partial charge in [-0.15, -0.1) is 11.3 Å². The molecule has 3 atom stereocenters. The fraction of sp³-hybridized carbons (Fsp3) is 0.226. The Morgan fingerprint density at radius 2 is 1.52 bits per heavy atom. The summed E-state index contributed by atoms with van der Waals surface area (Å²) >= 11 is 1.18. The molecule has 4 aromatic rings. The average molecular weight is 636 g/mol. The normalized spacial score (nSPS) is 13.3. The Hall–Kier alpha value is -4.59. The lowest BCUT2D eigenvalue weighted by Crippen LogP contribution is -2.50. The smallest absolute Gasteiger partial charge is 0.257 e. The van der Waals surface area contributed by atoms with E-state index in [0.29, 0.717) is 0 Å². The molecule has 0 bridgehead atoms. The number of benzene rings is 3. The van der Waals surface area contributed by atoms with Gasteiger partial charge in [-0.05, 0) is 42.7 Å². The Labute approximate surface area is 260 Å². The third kappa shape index (κ3) is 8.49. The van der Waals surface area contributed by atoms with Crippen LogP contribution in [0, 0.1) is 0 Å². The van der Waals surface area contributed by atoms with Crippen LogP contribution in [0.3, 0.4) is 0 Å². The van der Waals surface area contributed by atoms with Gasteiger partial charge in [0.25, 0.3) is 17.7 Å². The second-order valence-electron chi connectivity index (χ2n) is 10.1. The standard InChI is InChI=1S/C31H33N5O6S2/c1-20(22-12-8-5-9-13-22)33-28(38)23-17-24(19-25(18-23)36(2)44(3,41)42)29(39)34-26(16-21-10-6-4-7-11-21)27(37)30(40)35-31-32-14-15-43-31/h4-15,17-20,26-27,37H,16H2,1-3H3,(H,33,38)(H,34,39)(H,32,35,40)/t20-,26+,27+/m1/s1. The zero-order chi connectivity index (χ0) is 31.9. The summed E-state index contributed by atoms with van der Waals surface area (Å²) in [5, 5.41) is 21.1. The minimum atomic E-state index is -3.75. The number of nitrogens with one attached hydrogen (secondary N) is 3. The van der Waals surface area contributed by atoms with E-state index in [1.807, 2.05) is 36.4 Å². The van der Waals surface area contributed by atoms with Crippen LogP contribution >= 0.6 is 11.3 Å². The third-order valence-corrected chi connectivity index (χ3v) is 8.77. The molecule has 3 amide bonds. The molecular formula is C31H33N5O6S2. The number of carbonyl (C=O) groups excluding carboxylic acids is 3. The molecule has 11 nitrogen and oxygen atoms in total. The minimum absolute atomic E-state index is 0.0406. The Morgan fingerprint density at radius 1 is 0.932 bits per heavy atom. The zero-order valence-corrected chi connectivity index (χ0v) is 25.9. The largest absolute Gasteiger partial charge is 0.381 e. The fourth-order valence-corrected chi connectivity index (χ4v) is 5.38. The highest BCUT2D eigenvalue weighted by Gasteiger charge is 2.30. The van der Waals surface area contributed by atoms with Gasteiger partial charge < -0.3 is 15.7 Å². The molecule has 13 heteroatoms. The first kappa shape index (κ1) is 32.3. The summed E-state index contributed by atoms with van der Waals surface area (Å²) in [6.07, 6.45) is 0.943. The summed E-state index contributed by atoms with van der Waals surface area (Å²) in [4.78, 5) is 43.9. The van der Waals surface area contributed by atoms with Crippen LogP contribution in [0.1, 0.15) is 44.8 Å². The number of amides is 3. The molecular weight excluding hydrogens is 603 g/mol. The van der Waals surface area contributed by atoms with E-state index in [9.17, 15) is 27.9 Å². The summed E-state index contributed by atoms with van der Waals surface area (Å²) in [6.45, 7) is 1.81. The van der Waals surface area contributed by atoms with Crippen LogP contribution in [0.15, 0.2) is 90.4 Å². The molecule has 0 aliphatic rings. The molecule has 0 radical (unpaired) electrons. The van der Waals surface area contributed by atoms with Crippen LogP contribution in [0.2, 0.25) is 0 Å². The molecule has 4 rings (SSSR count). The third-order valence-electron chi connectivity index (χ3n) is 6.88. The highest BCUT2D eigenvalue weighted by atomic mass is 32.2. The van der Waals surface area contributed by atoms with Gasteiger partial charge in [0.15, 0.2) is 11.2 Å². The molecule has 44 heavy (non-hydrogen) atoms. The van der Waals surface area contributed by atoms with Gasteiger partial charge in [-0.3, -0.25) is 24.0 Å². The van der Waals surface area contributed by atoms with Gasteiger partial charge in [0.05, 0.1) is 24.0 Å². The number of hydrogen-bond acceptors (Lipinski definition) is 8. The van der Waals surface area contributed by atoms with E-state index in [4.69, 9.17) is 0 Å². The topological polar surface area (TPSA) is 158 Å². The highest BCUT2D eigenvalue weighted by Crippen LogP contribution is 2.23. The van der Waals surface area contributed by atoms with E-state index < -0.39 is 39.9 Å². The Bertz CT molecular complexity index is 1700. The van der Waals surface area contributed by atoms with Crippen LogP contribution < -0.4 is 20.3 Å². The van der Waals surface area contributed by atoms with Gasteiger partial charge in [0.2, 0.25) is 10.0 Å². The first-order valence-electron chi connectivity index (χ1n) is 13.6. The lowest BCUT2D eigenvalue weighted by molar-refractivity contribution is -0.125. The van der Waals surface area contributed by atoms with E-state index in [0.717, 1.165) is 21.7 Å². The van der Waals surface area contributed by atoms with Gasteiger partial charge in [0.1, 0.15) is 0 Å². The molecule has 3 aromatic carbocycles. The number of aliphatic hydroxyl groups is 1. The Kier molecular flexibility index (Phi) is 10.5. The van der Waals surface area contributed by atoms with E-state index in [1.165, 1.54) is 42.8 Å². The lowest BCUT2D eigenvalue weighted by Gasteiger charge is -2.24. The van der Waals surface area contributed by atoms with Crippen molar-refractivity contribution in [3.8, 4) is 0 Å². The Morgan fingerprint density at radius 3 is 2.09 bits per heavy atom. The number of nitrogens with zero attached hydrogens (tertiary/aromatic N) is 2. The first-order valence-corrected chi connectivity index (χ1v) is 16.3. The van der Waals surface area contributed by atoms with E-state index in [-0.39, 0.29) is 34.4 Å². The number of sulfonamides is 1. The number of aliphatic hydroxyl groups excluding tert-OH is 1. The van der Waals surface area contributed by atoms with Crippen LogP contribution in [0.25, 0.3) is 0 Å². The van der Waals surface area contributed by atoms with Gasteiger partial charge in [-0.1, -0.05) is 60.7 Å². The van der Waals surface area contributed by atoms with E-state index in [2.05, 4.69) is 20.9 Å². The molecule has 0 unspecified atom stereocenters. The number of thiazole rings is 1. The molecule has 0 spiro atoms. The number of anilines is 2. The number of aromatic nitrogens is 1. The van der Waals surface area contributed by atoms with Crippen molar-refractivity contribution >= 4 is 49.9 Å². The molecule has 4 N–H and O–H groups in total. The van der Waals surface area contributed by atoms with Crippen LogP contribution in [-0.4, -0.2) is 61.7 Å². The van der Waals surface area contributed by atoms with Crippen molar-refractivity contribution in [1.29, 1.82) is 0 Å². The quantitative estimate of drug-likeness (QED) is 0.186. The van der Waals surface area contributed by atoms with Crippen molar-refractivity contribution in [2.75, 3.05) is 22.9 Å². The maximum absolute atomic E-state index is 13.7. The Balaban J connectivity index is 1.64. The zero-order valence-electron chi connectivity index (χ0n) is 24.3. The van der Waals surface area contributed by atoms with Gasteiger partial charge in [-0.2, -0.15) is 0 Å². The highest BCUT2D eigenvalue weighted by molar-refractivity contribution is 7.92. The molecule has 1 heterocycles. The maximum Gasteiger partial charge on any atom is 0.257 e. The lowest BCUT2D eigenvalue weighted by atomic mass is 9.99. The van der Waals surface area contributed by atoms with Gasteiger partial charge in [0, 0.05) is 29.8 Å². The molecule has 0 aliphatic heterocycles. The minimum Gasteiger partial charge on any atom is -0.381 e. The fourth-order valence-electron chi connectivity index (χ4n) is 4.36. The first-order chi connectivity index (χ1) is 20.9. The summed E-state index contributed by atoms with van der Waals surface area (Å²) in [5.74, 6) is -2.01. The SMILES string of the molecule is C[C@@H](NC(=O)c1cc(C(=O)N[C@@H](Cc2ccccc2)[C@H](O)C(=O)Nc2nccs2)cc(N(C)S(C)(=O)=O)c1)c1ccccc1. The summed E-state index contributed by atoms with van der Waals surface area (Å²) in [6, 6.07) is 20.9. The average Bonchev–Trinajstić information content (AvgIpc) is 3.53. The van der Waals surface area contributed by atoms with Crippen LogP contribution in [-0.2, 0) is 21.2 Å². The summed E-state index contributed by atoms with van der Waals surface area (Å²) < 4.78 is 25.7. The monoisotopic (exact) mass is 635 g/mol. The van der Waals surface area contributed by atoms with Crippen molar-refractivity contribution in [3.05, 3.63) is 113 Å². The molecule has 0 aliphatic carbocycles. The maximum atomic E-state index is 13.7. The van der Waals surface area contributed by atoms with Crippen LogP contribution in [0.4, 0.5) is 10.8 Å². The number of hydrogen-bond donors (Lipinski definition) is 4. The van der Waals surface area contributed by atoms with Crippen molar-refractivity contribution in [2.45, 2.75) is 31.5 Å². The van der Waals surface area contributed by atoms with Crippen molar-refractivity contribution < 1.29 is 27.9 Å². The molecule has 0 saturated carbocycles. The second kappa shape index (κ2) is 14.3. The predicted octanol–water partition coefficient (Wildman–Crippen LogP) is 3.37. The van der Waals surface area contributed by atoms with Crippen LogP contribution in [0.5, 0.6) is 0 Å². The molecule has 0 fully saturated rings. The molecule has 1 aromatic heterocycles. The van der Waals surface area contributed by atoms with E-state index in [1.54, 1.807) is 36.6 Å².